The minimum absolute atomic E-state index is 0.0211. The van der Waals surface area contributed by atoms with Gasteiger partial charge in [0.25, 0.3) is 12.3 Å². The number of pyridine rings is 1. The number of ether oxygens (including phenoxy) is 2. The van der Waals surface area contributed by atoms with Crippen molar-refractivity contribution in [2.75, 3.05) is 18.5 Å². The Bertz CT molecular complexity index is 1020. The average molecular weight is 497 g/mol. The van der Waals surface area contributed by atoms with Crippen LogP contribution in [0.25, 0.3) is 0 Å². The molecule has 0 spiro atoms. The van der Waals surface area contributed by atoms with E-state index in [9.17, 15) is 22.4 Å². The van der Waals surface area contributed by atoms with Gasteiger partial charge in [-0.1, -0.05) is 11.6 Å². The standard InChI is InChI=1S/C13H9ClF2N2O5.C5H8F2N2O/c14-8-4-7(23-13(20,21)22)5-17-11(8)12(19)18-6-1-2-9(15)10(16)3-6;6-5(7)3-1-10-2-4(8)9-3/h1-5,20-22H,(H,18,19);3,5H,1-2H2,(H2,8,9). The van der Waals surface area contributed by atoms with Crippen molar-refractivity contribution in [2.24, 2.45) is 10.7 Å². The summed E-state index contributed by atoms with van der Waals surface area (Å²) in [5, 5.41) is 28.0. The number of benzene rings is 1. The van der Waals surface area contributed by atoms with Gasteiger partial charge in [0.15, 0.2) is 11.6 Å². The van der Waals surface area contributed by atoms with Gasteiger partial charge in [-0.3, -0.25) is 9.79 Å². The van der Waals surface area contributed by atoms with Crippen molar-refractivity contribution in [1.29, 1.82) is 0 Å². The lowest BCUT2D eigenvalue weighted by Gasteiger charge is -2.17. The van der Waals surface area contributed by atoms with Gasteiger partial charge in [0.1, 0.15) is 29.9 Å². The highest BCUT2D eigenvalue weighted by Crippen LogP contribution is 2.23. The summed E-state index contributed by atoms with van der Waals surface area (Å²) in [6.07, 6.45) is -5.01. The molecule has 1 unspecified atom stereocenters. The number of amides is 1. The number of anilines is 1. The molecular formula is C18H17ClF4N4O6. The Balaban J connectivity index is 0.000000321. The van der Waals surface area contributed by atoms with E-state index >= 15 is 0 Å². The molecule has 3 rings (SSSR count). The van der Waals surface area contributed by atoms with E-state index in [0.717, 1.165) is 30.5 Å². The highest BCUT2D eigenvalue weighted by atomic mass is 35.5. The first-order chi connectivity index (χ1) is 15.4. The molecule has 6 N–H and O–H groups in total. The predicted molar refractivity (Wildman–Crippen MR) is 106 cm³/mol. The number of carbonyl (C=O) groups is 1. The van der Waals surface area contributed by atoms with E-state index in [2.05, 4.69) is 20.0 Å². The van der Waals surface area contributed by atoms with Crippen molar-refractivity contribution in [2.45, 2.75) is 18.6 Å². The summed E-state index contributed by atoms with van der Waals surface area (Å²) >= 11 is 5.79. The van der Waals surface area contributed by atoms with Crippen molar-refractivity contribution in [3.63, 3.8) is 0 Å². The molecule has 1 amide bonds. The van der Waals surface area contributed by atoms with E-state index in [1.165, 1.54) is 0 Å². The summed E-state index contributed by atoms with van der Waals surface area (Å²) in [6, 6.07) is 2.68. The van der Waals surface area contributed by atoms with Gasteiger partial charge in [0.05, 0.1) is 17.8 Å². The number of amidine groups is 1. The fourth-order valence-electron chi connectivity index (χ4n) is 2.27. The van der Waals surface area contributed by atoms with Crippen molar-refractivity contribution in [1.82, 2.24) is 4.98 Å². The van der Waals surface area contributed by atoms with E-state index in [1.807, 2.05) is 0 Å². The highest BCUT2D eigenvalue weighted by molar-refractivity contribution is 6.34. The number of nitrogens with zero attached hydrogens (tertiary/aromatic N) is 2. The summed E-state index contributed by atoms with van der Waals surface area (Å²) in [7, 11) is 0. The Kier molecular flexibility index (Phi) is 8.90. The molecule has 1 aliphatic rings. The summed E-state index contributed by atoms with van der Waals surface area (Å²) < 4.78 is 58.6. The lowest BCUT2D eigenvalue weighted by Crippen LogP contribution is -2.34. The van der Waals surface area contributed by atoms with Crippen molar-refractivity contribution < 1.29 is 47.1 Å². The maximum Gasteiger partial charge on any atom is 0.453 e. The Morgan fingerprint density at radius 3 is 2.48 bits per heavy atom. The van der Waals surface area contributed by atoms with Crippen molar-refractivity contribution in [3.05, 3.63) is 52.8 Å². The maximum atomic E-state index is 13.1. The third-order valence-corrected chi connectivity index (χ3v) is 3.91. The van der Waals surface area contributed by atoms with Crippen LogP contribution in [0.1, 0.15) is 10.5 Å². The second-order valence-electron chi connectivity index (χ2n) is 6.30. The second-order valence-corrected chi connectivity index (χ2v) is 6.70. The number of halogens is 5. The lowest BCUT2D eigenvalue weighted by molar-refractivity contribution is -0.419. The zero-order chi connectivity index (χ0) is 24.8. The molecule has 180 valence electrons. The highest BCUT2D eigenvalue weighted by Gasteiger charge is 2.23. The van der Waals surface area contributed by atoms with Gasteiger partial charge in [-0.2, -0.15) is 0 Å². The van der Waals surface area contributed by atoms with E-state index in [1.54, 1.807) is 0 Å². The molecule has 1 aliphatic heterocycles. The summed E-state index contributed by atoms with van der Waals surface area (Å²) in [4.78, 5) is 19.1. The molecule has 0 bridgehead atoms. The molecule has 2 aromatic rings. The topological polar surface area (TPSA) is 160 Å². The first-order valence-corrected chi connectivity index (χ1v) is 9.19. The number of hydrogen-bond acceptors (Lipinski definition) is 9. The number of aromatic nitrogens is 1. The van der Waals surface area contributed by atoms with Crippen LogP contribution in [0.15, 0.2) is 35.5 Å². The van der Waals surface area contributed by atoms with Crippen LogP contribution >= 0.6 is 11.6 Å². The molecule has 1 atom stereocenters. The number of hydrogen-bond donors (Lipinski definition) is 5. The van der Waals surface area contributed by atoms with E-state index in [4.69, 9.17) is 37.4 Å². The van der Waals surface area contributed by atoms with Crippen LogP contribution in [0.2, 0.25) is 5.02 Å². The molecule has 2 heterocycles. The second kappa shape index (κ2) is 11.2. The number of nitrogens with two attached hydrogens (primary N) is 1. The summed E-state index contributed by atoms with van der Waals surface area (Å²) in [5.74, 6) is -3.21. The number of rotatable bonds is 5. The third kappa shape index (κ3) is 8.43. The molecule has 0 fully saturated rings. The maximum absolute atomic E-state index is 13.1. The Hall–Kier alpha value is -3.04. The van der Waals surface area contributed by atoms with Crippen molar-refractivity contribution >= 4 is 29.0 Å². The van der Waals surface area contributed by atoms with Crippen molar-refractivity contribution in [3.8, 4) is 5.75 Å². The SMILES string of the molecule is NC1=NC(C(F)F)COC1.O=C(Nc1ccc(F)c(F)c1)c1ncc(OC(O)(O)O)cc1Cl. The zero-order valence-electron chi connectivity index (χ0n) is 16.4. The summed E-state index contributed by atoms with van der Waals surface area (Å²) in [5.41, 5.74) is 4.84. The molecule has 0 aliphatic carbocycles. The fraction of sp³-hybridized carbons (Fsp3) is 0.278. The molecule has 0 saturated heterocycles. The average Bonchev–Trinajstić information content (AvgIpc) is 2.70. The predicted octanol–water partition coefficient (Wildman–Crippen LogP) is 1.24. The Labute approximate surface area is 188 Å². The Morgan fingerprint density at radius 1 is 1.27 bits per heavy atom. The number of aliphatic hydroxyl groups is 3. The minimum atomic E-state index is -3.43. The molecule has 1 aromatic heterocycles. The van der Waals surface area contributed by atoms with Crippen LogP contribution in [0, 0.1) is 11.6 Å². The van der Waals surface area contributed by atoms with E-state index < -0.39 is 36.2 Å². The molecule has 10 nitrogen and oxygen atoms in total. The van der Waals surface area contributed by atoms with Crippen LogP contribution in [-0.4, -0.2) is 63.9 Å². The number of nitrogens with one attached hydrogen (secondary N) is 1. The smallest absolute Gasteiger partial charge is 0.415 e. The van der Waals surface area contributed by atoms with Crippen LogP contribution < -0.4 is 15.8 Å². The monoisotopic (exact) mass is 496 g/mol. The van der Waals surface area contributed by atoms with Crippen LogP contribution in [0.5, 0.6) is 5.75 Å². The minimum Gasteiger partial charge on any atom is -0.415 e. The lowest BCUT2D eigenvalue weighted by atomic mass is 10.2. The zero-order valence-corrected chi connectivity index (χ0v) is 17.1. The van der Waals surface area contributed by atoms with Crippen LogP contribution in [0.3, 0.4) is 0 Å². The van der Waals surface area contributed by atoms with E-state index in [0.29, 0.717) is 0 Å². The van der Waals surface area contributed by atoms with Gasteiger partial charge in [0.2, 0.25) is 0 Å². The number of carbonyl (C=O) groups excluding carboxylic acids is 1. The van der Waals surface area contributed by atoms with Gasteiger partial charge < -0.3 is 35.8 Å². The number of alkyl halides is 2. The largest absolute Gasteiger partial charge is 0.453 e. The Morgan fingerprint density at radius 2 is 1.97 bits per heavy atom. The van der Waals surface area contributed by atoms with Gasteiger partial charge in [-0.25, -0.2) is 22.5 Å². The van der Waals surface area contributed by atoms with E-state index in [-0.39, 0.29) is 41.2 Å². The van der Waals surface area contributed by atoms with Gasteiger partial charge >= 0.3 is 6.16 Å². The molecule has 1 aromatic carbocycles. The van der Waals surface area contributed by atoms with Crippen LogP contribution in [-0.2, 0) is 4.74 Å². The van der Waals surface area contributed by atoms with Crippen LogP contribution in [0.4, 0.5) is 23.2 Å². The molecule has 15 heteroatoms. The molecular weight excluding hydrogens is 480 g/mol. The van der Waals surface area contributed by atoms with Gasteiger partial charge in [-0.15, -0.1) is 0 Å². The summed E-state index contributed by atoms with van der Waals surface area (Å²) in [6.45, 7) is 0.140. The first kappa shape index (κ1) is 26.2. The van der Waals surface area contributed by atoms with Gasteiger partial charge in [0, 0.05) is 17.8 Å². The molecule has 33 heavy (non-hydrogen) atoms. The molecule has 0 saturated carbocycles. The molecule has 0 radical (unpaired) electrons. The van der Waals surface area contributed by atoms with Gasteiger partial charge in [-0.05, 0) is 12.1 Å². The quantitative estimate of drug-likeness (QED) is 0.305. The number of aliphatic imine (C=N–C) groups is 1. The normalized spacial score (nSPS) is 15.9. The fourth-order valence-corrected chi connectivity index (χ4v) is 2.51. The third-order valence-electron chi connectivity index (χ3n) is 3.62. The first-order valence-electron chi connectivity index (χ1n) is 8.82.